The van der Waals surface area contributed by atoms with Gasteiger partial charge in [0.2, 0.25) is 0 Å². The first-order chi connectivity index (χ1) is 14.5. The first kappa shape index (κ1) is 37.3. The second-order valence-electron chi connectivity index (χ2n) is 5.59. The number of rotatable bonds is 6. The van der Waals surface area contributed by atoms with Gasteiger partial charge < -0.3 is 35.3 Å². The van der Waals surface area contributed by atoms with Gasteiger partial charge in [-0.25, -0.2) is 19.2 Å². The number of hydrogen-bond acceptors (Lipinski definition) is 8. The summed E-state index contributed by atoms with van der Waals surface area (Å²) in [5, 5.41) is 34.6. The van der Waals surface area contributed by atoms with Gasteiger partial charge in [-0.05, 0) is 36.4 Å². The molecule has 0 heterocycles. The molecule has 0 aromatic heterocycles. The van der Waals surface area contributed by atoms with E-state index >= 15 is 0 Å². The molecule has 0 aliphatic rings. The normalized spacial score (nSPS) is 10.1. The Bertz CT molecular complexity index is 1230. The standard InChI is InChI=1S/2C8H6O7S.2CH3.Ba/c2*9-7(10)5-2-1-4(16(13,14)15)3-6(5)8(11)12;;;/h2*1-3H,(H,9,10)(H,11,12)(H,13,14,15);2*1H3;/q;;2*-1;+2. The quantitative estimate of drug-likeness (QED) is 0.145. The van der Waals surface area contributed by atoms with Gasteiger partial charge in [0, 0.05) is 0 Å². The van der Waals surface area contributed by atoms with E-state index in [0.29, 0.717) is 12.1 Å². The van der Waals surface area contributed by atoms with Gasteiger partial charge in [-0.3, -0.25) is 9.11 Å². The molecule has 188 valence electrons. The van der Waals surface area contributed by atoms with Crippen LogP contribution >= 0.6 is 0 Å². The minimum Gasteiger partial charge on any atom is -0.478 e. The van der Waals surface area contributed by atoms with E-state index in [-0.39, 0.29) is 63.7 Å². The molecular formula is C18H18BaO14S2. The van der Waals surface area contributed by atoms with Crippen LogP contribution in [0.3, 0.4) is 0 Å². The molecule has 0 unspecified atom stereocenters. The minimum atomic E-state index is -4.56. The monoisotopic (exact) mass is 660 g/mol. The van der Waals surface area contributed by atoms with Crippen molar-refractivity contribution in [2.45, 2.75) is 9.79 Å². The molecule has 0 fully saturated rings. The summed E-state index contributed by atoms with van der Waals surface area (Å²) in [5.41, 5.74) is -2.52. The van der Waals surface area contributed by atoms with Crippen LogP contribution in [-0.2, 0) is 20.2 Å². The number of hydrogen-bond donors (Lipinski definition) is 6. The molecule has 2 aromatic carbocycles. The van der Waals surface area contributed by atoms with Gasteiger partial charge in [0.05, 0.1) is 32.0 Å². The van der Waals surface area contributed by atoms with Crippen LogP contribution in [0.2, 0.25) is 0 Å². The SMILES string of the molecule is O=C(O)c1ccc(S(=O)(=O)O)cc1C(=O)O.O=C(O)c1ccc(S(=O)(=O)O)cc1C(=O)O.[Ba+2].[CH3-].[CH3-]. The maximum absolute atomic E-state index is 10.7. The molecule has 2 rings (SSSR count). The second-order valence-corrected chi connectivity index (χ2v) is 8.43. The molecule has 35 heavy (non-hydrogen) atoms. The number of benzene rings is 2. The number of carboxylic acid groups (broad SMARTS) is 4. The van der Waals surface area contributed by atoms with Crippen molar-refractivity contribution in [2.75, 3.05) is 0 Å². The summed E-state index contributed by atoms with van der Waals surface area (Å²) in [7, 11) is -9.12. The third-order valence-corrected chi connectivity index (χ3v) is 5.20. The van der Waals surface area contributed by atoms with E-state index in [1.54, 1.807) is 0 Å². The number of carbonyl (C=O) groups is 4. The fourth-order valence-electron chi connectivity index (χ4n) is 2.09. The Balaban J connectivity index is -0.000000539. The Kier molecular flexibility index (Phi) is 15.2. The van der Waals surface area contributed by atoms with Crippen molar-refractivity contribution in [3.05, 3.63) is 73.5 Å². The average molecular weight is 660 g/mol. The van der Waals surface area contributed by atoms with Gasteiger partial charge in [-0.1, -0.05) is 0 Å². The smallest absolute Gasteiger partial charge is 0.478 e. The average Bonchev–Trinajstić information content (AvgIpc) is 2.65. The largest absolute Gasteiger partial charge is 2.00 e. The van der Waals surface area contributed by atoms with Crippen molar-refractivity contribution >= 4 is 93.0 Å². The van der Waals surface area contributed by atoms with E-state index in [4.69, 9.17) is 29.5 Å². The van der Waals surface area contributed by atoms with Crippen LogP contribution in [-0.4, -0.2) is 119 Å². The molecule has 0 amide bonds. The topological polar surface area (TPSA) is 258 Å². The van der Waals surface area contributed by atoms with Crippen LogP contribution in [0.15, 0.2) is 46.2 Å². The molecule has 14 nitrogen and oxygen atoms in total. The Labute approximate surface area is 239 Å². The van der Waals surface area contributed by atoms with Crippen LogP contribution in [0.4, 0.5) is 0 Å². The Morgan fingerprint density at radius 2 is 0.743 bits per heavy atom. The summed E-state index contributed by atoms with van der Waals surface area (Å²) < 4.78 is 60.1. The molecule has 6 N–H and O–H groups in total. The van der Waals surface area contributed by atoms with Crippen molar-refractivity contribution in [1.82, 2.24) is 0 Å². The van der Waals surface area contributed by atoms with E-state index in [9.17, 15) is 36.0 Å². The summed E-state index contributed by atoms with van der Waals surface area (Å²) >= 11 is 0. The minimum absolute atomic E-state index is 0. The molecule has 0 saturated carbocycles. The van der Waals surface area contributed by atoms with Crippen molar-refractivity contribution in [3.8, 4) is 0 Å². The zero-order chi connectivity index (χ0) is 25.0. The van der Waals surface area contributed by atoms with E-state index in [0.717, 1.165) is 24.3 Å². The van der Waals surface area contributed by atoms with Crippen LogP contribution < -0.4 is 0 Å². The predicted molar refractivity (Wildman–Crippen MR) is 119 cm³/mol. The first-order valence-electron chi connectivity index (χ1n) is 7.63. The van der Waals surface area contributed by atoms with Gasteiger partial charge in [0.15, 0.2) is 0 Å². The van der Waals surface area contributed by atoms with Crippen molar-refractivity contribution in [3.63, 3.8) is 0 Å². The van der Waals surface area contributed by atoms with Gasteiger partial charge in [-0.15, -0.1) is 0 Å². The Morgan fingerprint density at radius 3 is 0.914 bits per heavy atom. The fraction of sp³-hybridized carbons (Fsp3) is 0. The molecule has 0 aliphatic carbocycles. The molecule has 0 aliphatic heterocycles. The van der Waals surface area contributed by atoms with E-state index < -0.39 is 76.2 Å². The fourth-order valence-corrected chi connectivity index (χ4v) is 3.11. The summed E-state index contributed by atoms with van der Waals surface area (Å²) in [6, 6.07) is 4.39. The molecule has 0 saturated heterocycles. The second kappa shape index (κ2) is 14.3. The molecule has 0 bridgehead atoms. The summed E-state index contributed by atoms with van der Waals surface area (Å²) in [6.45, 7) is 0. The zero-order valence-corrected chi connectivity index (χ0v) is 24.0. The maximum Gasteiger partial charge on any atom is 2.00 e. The Hall–Kier alpha value is -2.29. The summed E-state index contributed by atoms with van der Waals surface area (Å²) in [5.74, 6) is -6.19. The van der Waals surface area contributed by atoms with Gasteiger partial charge in [0.25, 0.3) is 20.2 Å². The van der Waals surface area contributed by atoms with Gasteiger partial charge in [0.1, 0.15) is 0 Å². The molecular weight excluding hydrogens is 642 g/mol. The third kappa shape index (κ3) is 10.5. The zero-order valence-electron chi connectivity index (χ0n) is 17.9. The van der Waals surface area contributed by atoms with Crippen molar-refractivity contribution in [2.24, 2.45) is 0 Å². The van der Waals surface area contributed by atoms with Gasteiger partial charge in [-0.2, -0.15) is 16.8 Å². The Morgan fingerprint density at radius 1 is 0.514 bits per heavy atom. The van der Waals surface area contributed by atoms with Crippen LogP contribution in [0.5, 0.6) is 0 Å². The predicted octanol–water partition coefficient (Wildman–Crippen LogP) is 1.18. The van der Waals surface area contributed by atoms with E-state index in [1.807, 2.05) is 0 Å². The van der Waals surface area contributed by atoms with Crippen LogP contribution in [0, 0.1) is 14.9 Å². The molecule has 0 atom stereocenters. The van der Waals surface area contributed by atoms with Crippen LogP contribution in [0.25, 0.3) is 0 Å². The van der Waals surface area contributed by atoms with Crippen molar-refractivity contribution in [1.29, 1.82) is 0 Å². The first-order valence-corrected chi connectivity index (χ1v) is 10.5. The molecule has 17 heteroatoms. The number of aromatic carboxylic acids is 4. The molecule has 0 spiro atoms. The van der Waals surface area contributed by atoms with Gasteiger partial charge >= 0.3 is 72.8 Å². The van der Waals surface area contributed by atoms with Crippen molar-refractivity contribution < 1.29 is 65.5 Å². The number of carboxylic acids is 4. The maximum atomic E-state index is 10.7. The summed E-state index contributed by atoms with van der Waals surface area (Å²) in [6.07, 6.45) is 0. The molecule has 0 radical (unpaired) electrons. The van der Waals surface area contributed by atoms with E-state index in [1.165, 1.54) is 0 Å². The third-order valence-electron chi connectivity index (χ3n) is 3.50. The molecule has 2 aromatic rings. The summed E-state index contributed by atoms with van der Waals surface area (Å²) in [4.78, 5) is 41.2. The van der Waals surface area contributed by atoms with Crippen LogP contribution in [0.1, 0.15) is 41.4 Å². The van der Waals surface area contributed by atoms with E-state index in [2.05, 4.69) is 0 Å².